The summed E-state index contributed by atoms with van der Waals surface area (Å²) in [4.78, 5) is 27.0. The molecular formula is C27H26N6O2. The Kier molecular flexibility index (Phi) is 5.78. The quantitative estimate of drug-likeness (QED) is 0.401. The second-order valence-electron chi connectivity index (χ2n) is 8.40. The first kappa shape index (κ1) is 22.3. The molecule has 8 nitrogen and oxygen atoms in total. The fourth-order valence-electron chi connectivity index (χ4n) is 4.25. The van der Waals surface area contributed by atoms with E-state index in [0.29, 0.717) is 22.4 Å². The second-order valence-corrected chi connectivity index (χ2v) is 8.40. The Balaban J connectivity index is 1.66. The largest absolute Gasteiger partial charge is 0.324 e. The highest BCUT2D eigenvalue weighted by atomic mass is 16.2. The fourth-order valence-corrected chi connectivity index (χ4v) is 4.25. The van der Waals surface area contributed by atoms with E-state index < -0.39 is 6.04 Å². The number of para-hydroxylation sites is 2. The third kappa shape index (κ3) is 3.93. The molecule has 2 aromatic carbocycles. The van der Waals surface area contributed by atoms with Crippen LogP contribution in [0, 0.1) is 6.92 Å². The lowest BCUT2D eigenvalue weighted by molar-refractivity contribution is -0.119. The lowest BCUT2D eigenvalue weighted by atomic mass is 10.1. The molecule has 3 heterocycles. The highest BCUT2D eigenvalue weighted by Gasteiger charge is 2.25. The number of nitrogens with one attached hydrogen (secondary N) is 1. The number of benzene rings is 2. The molecule has 0 bridgehead atoms. The van der Waals surface area contributed by atoms with E-state index in [-0.39, 0.29) is 11.5 Å². The van der Waals surface area contributed by atoms with Gasteiger partial charge in [0.1, 0.15) is 16.9 Å². The van der Waals surface area contributed by atoms with Gasteiger partial charge in [-0.05, 0) is 56.2 Å². The molecule has 5 aromatic rings. The van der Waals surface area contributed by atoms with Gasteiger partial charge in [0.15, 0.2) is 5.82 Å². The van der Waals surface area contributed by atoms with E-state index in [9.17, 15) is 9.59 Å². The molecule has 0 spiro atoms. The van der Waals surface area contributed by atoms with Gasteiger partial charge >= 0.3 is 0 Å². The topological polar surface area (TPSA) is 86.7 Å². The first-order valence-corrected chi connectivity index (χ1v) is 11.6. The standard InChI is InChI=1S/C27H26N6O2/c1-4-20-12-8-9-15-22(20)28-25(34)19(3)32-27(35)23-24(18(2)29-32)30-33(21-13-6-5-7-14-21)26(23)31-16-10-11-17-31/h5-17,19H,4H2,1-3H3,(H,28,34)/t19-/m0/s1. The van der Waals surface area contributed by atoms with Crippen LogP contribution in [0.1, 0.15) is 31.1 Å². The Morgan fingerprint density at radius 1 is 0.971 bits per heavy atom. The third-order valence-corrected chi connectivity index (χ3v) is 6.14. The molecule has 0 aliphatic carbocycles. The van der Waals surface area contributed by atoms with Crippen molar-refractivity contribution < 1.29 is 4.79 Å². The Morgan fingerprint density at radius 2 is 1.66 bits per heavy atom. The van der Waals surface area contributed by atoms with Crippen molar-refractivity contribution in [3.05, 3.63) is 101 Å². The van der Waals surface area contributed by atoms with E-state index in [0.717, 1.165) is 23.4 Å². The van der Waals surface area contributed by atoms with Crippen LogP contribution in [0.25, 0.3) is 22.4 Å². The minimum atomic E-state index is -0.826. The Hall–Kier alpha value is -4.46. The summed E-state index contributed by atoms with van der Waals surface area (Å²) in [5, 5.41) is 12.6. The lowest BCUT2D eigenvalue weighted by Gasteiger charge is -2.16. The van der Waals surface area contributed by atoms with Gasteiger partial charge in [-0.1, -0.05) is 43.3 Å². The summed E-state index contributed by atoms with van der Waals surface area (Å²) in [6.45, 7) is 5.52. The molecule has 0 aliphatic rings. The van der Waals surface area contributed by atoms with Crippen LogP contribution in [0.3, 0.4) is 0 Å². The normalized spacial score (nSPS) is 12.1. The fraction of sp³-hybridized carbons (Fsp3) is 0.185. The zero-order valence-corrected chi connectivity index (χ0v) is 19.8. The molecule has 1 amide bonds. The summed E-state index contributed by atoms with van der Waals surface area (Å²) in [7, 11) is 0. The van der Waals surface area contributed by atoms with E-state index >= 15 is 0 Å². The van der Waals surface area contributed by atoms with Crippen molar-refractivity contribution in [2.45, 2.75) is 33.2 Å². The van der Waals surface area contributed by atoms with Crippen LogP contribution in [-0.4, -0.2) is 30.0 Å². The van der Waals surface area contributed by atoms with Crippen molar-refractivity contribution >= 4 is 22.5 Å². The molecule has 0 aliphatic heterocycles. The Bertz CT molecular complexity index is 1570. The SMILES string of the molecule is CCc1ccccc1NC(=O)[C@H](C)n1nc(C)c2nn(-c3ccccc3)c(-n3cccc3)c2c1=O. The van der Waals surface area contributed by atoms with Gasteiger partial charge in [0, 0.05) is 18.1 Å². The summed E-state index contributed by atoms with van der Waals surface area (Å²) < 4.78 is 4.86. The number of aryl methyl sites for hydroxylation is 2. The maximum Gasteiger partial charge on any atom is 0.280 e. The summed E-state index contributed by atoms with van der Waals surface area (Å²) in [5.74, 6) is 0.293. The van der Waals surface area contributed by atoms with E-state index in [2.05, 4.69) is 10.4 Å². The van der Waals surface area contributed by atoms with Crippen molar-refractivity contribution in [3.63, 3.8) is 0 Å². The van der Waals surface area contributed by atoms with E-state index in [1.54, 1.807) is 18.5 Å². The third-order valence-electron chi connectivity index (χ3n) is 6.14. The van der Waals surface area contributed by atoms with Crippen molar-refractivity contribution in [1.29, 1.82) is 0 Å². The Morgan fingerprint density at radius 3 is 2.37 bits per heavy atom. The molecule has 176 valence electrons. The summed E-state index contributed by atoms with van der Waals surface area (Å²) in [6.07, 6.45) is 4.52. The summed E-state index contributed by atoms with van der Waals surface area (Å²) in [5.41, 5.74) is 3.28. The van der Waals surface area contributed by atoms with Crippen molar-refractivity contribution in [2.75, 3.05) is 5.32 Å². The molecule has 0 saturated carbocycles. The van der Waals surface area contributed by atoms with Gasteiger partial charge in [0.25, 0.3) is 5.56 Å². The second kappa shape index (κ2) is 9.06. The number of anilines is 1. The van der Waals surface area contributed by atoms with Crippen LogP contribution in [0.5, 0.6) is 0 Å². The minimum Gasteiger partial charge on any atom is -0.324 e. The molecule has 1 N–H and O–H groups in total. The average Bonchev–Trinajstić information content (AvgIpc) is 3.55. The van der Waals surface area contributed by atoms with Crippen LogP contribution in [0.15, 0.2) is 83.9 Å². The highest BCUT2D eigenvalue weighted by molar-refractivity contribution is 5.94. The summed E-state index contributed by atoms with van der Waals surface area (Å²) in [6, 6.07) is 20.2. The number of carbonyl (C=O) groups excluding carboxylic acids is 1. The molecule has 0 radical (unpaired) electrons. The van der Waals surface area contributed by atoms with Crippen LogP contribution in [-0.2, 0) is 11.2 Å². The van der Waals surface area contributed by atoms with Gasteiger partial charge in [-0.25, -0.2) is 9.36 Å². The maximum atomic E-state index is 13.8. The Labute approximate surface area is 202 Å². The van der Waals surface area contributed by atoms with Crippen molar-refractivity contribution in [2.24, 2.45) is 0 Å². The molecule has 0 unspecified atom stereocenters. The van der Waals surface area contributed by atoms with Crippen LogP contribution in [0.2, 0.25) is 0 Å². The monoisotopic (exact) mass is 466 g/mol. The number of fused-ring (bicyclic) bond motifs is 1. The molecule has 0 saturated heterocycles. The number of hydrogen-bond donors (Lipinski definition) is 1. The molecule has 3 aromatic heterocycles. The van der Waals surface area contributed by atoms with E-state index in [4.69, 9.17) is 5.10 Å². The summed E-state index contributed by atoms with van der Waals surface area (Å²) >= 11 is 0. The molecule has 0 fully saturated rings. The molecular weight excluding hydrogens is 440 g/mol. The van der Waals surface area contributed by atoms with Gasteiger partial charge < -0.3 is 9.88 Å². The maximum absolute atomic E-state index is 13.8. The van der Waals surface area contributed by atoms with Crippen LogP contribution < -0.4 is 10.9 Å². The number of hydrogen-bond acceptors (Lipinski definition) is 4. The smallest absolute Gasteiger partial charge is 0.280 e. The van der Waals surface area contributed by atoms with Gasteiger partial charge in [0.2, 0.25) is 5.91 Å². The minimum absolute atomic E-state index is 0.308. The van der Waals surface area contributed by atoms with Crippen molar-refractivity contribution in [3.8, 4) is 11.5 Å². The molecule has 1 atom stereocenters. The van der Waals surface area contributed by atoms with Gasteiger partial charge in [-0.3, -0.25) is 9.59 Å². The van der Waals surface area contributed by atoms with Gasteiger partial charge in [-0.15, -0.1) is 0 Å². The van der Waals surface area contributed by atoms with E-state index in [1.807, 2.05) is 90.6 Å². The molecule has 35 heavy (non-hydrogen) atoms. The first-order valence-electron chi connectivity index (χ1n) is 11.6. The van der Waals surface area contributed by atoms with Gasteiger partial charge in [-0.2, -0.15) is 10.2 Å². The lowest BCUT2D eigenvalue weighted by Crippen LogP contribution is -2.34. The molecule has 8 heteroatoms. The number of aromatic nitrogens is 5. The first-order chi connectivity index (χ1) is 17.0. The predicted molar refractivity (Wildman–Crippen MR) is 136 cm³/mol. The zero-order chi connectivity index (χ0) is 24.5. The van der Waals surface area contributed by atoms with Crippen LogP contribution >= 0.6 is 0 Å². The number of amides is 1. The van der Waals surface area contributed by atoms with Crippen molar-refractivity contribution in [1.82, 2.24) is 24.1 Å². The zero-order valence-electron chi connectivity index (χ0n) is 19.8. The van der Waals surface area contributed by atoms with Crippen LogP contribution in [0.4, 0.5) is 5.69 Å². The number of nitrogens with zero attached hydrogens (tertiary/aromatic N) is 5. The average molecular weight is 467 g/mol. The van der Waals surface area contributed by atoms with Gasteiger partial charge in [0.05, 0.1) is 11.4 Å². The van der Waals surface area contributed by atoms with E-state index in [1.165, 1.54) is 4.68 Å². The number of carbonyl (C=O) groups is 1. The highest BCUT2D eigenvalue weighted by Crippen LogP contribution is 2.25. The molecule has 5 rings (SSSR count). The number of rotatable bonds is 6. The predicted octanol–water partition coefficient (Wildman–Crippen LogP) is 4.44.